The largest absolute Gasteiger partial charge is 0.451 e. The summed E-state index contributed by atoms with van der Waals surface area (Å²) in [5.74, 6) is -0.561. The van der Waals surface area contributed by atoms with Gasteiger partial charge in [0.1, 0.15) is 5.58 Å². The molecule has 1 aromatic heterocycles. The zero-order valence-electron chi connectivity index (χ0n) is 17.2. The van der Waals surface area contributed by atoms with Gasteiger partial charge in [-0.15, -0.1) is 0 Å². The number of sulfone groups is 1. The van der Waals surface area contributed by atoms with Crippen molar-refractivity contribution in [1.29, 1.82) is 0 Å². The molecule has 0 aliphatic heterocycles. The zero-order chi connectivity index (χ0) is 21.2. The molecule has 0 aliphatic carbocycles. The number of furan rings is 1. The zero-order valence-corrected chi connectivity index (χ0v) is 18.0. The van der Waals surface area contributed by atoms with Crippen LogP contribution in [0.25, 0.3) is 11.0 Å². The van der Waals surface area contributed by atoms with Crippen LogP contribution in [0.4, 0.5) is 0 Å². The van der Waals surface area contributed by atoms with Crippen molar-refractivity contribution in [3.8, 4) is 0 Å². The third kappa shape index (κ3) is 5.07. The topological polar surface area (TPSA) is 76.4 Å². The van der Waals surface area contributed by atoms with Gasteiger partial charge < -0.3 is 9.73 Å². The second-order valence-corrected chi connectivity index (χ2v) is 10.4. The second kappa shape index (κ2) is 8.03. The third-order valence-corrected chi connectivity index (χ3v) is 5.87. The highest BCUT2D eigenvalue weighted by Gasteiger charge is 2.27. The van der Waals surface area contributed by atoms with Gasteiger partial charge in [-0.2, -0.15) is 0 Å². The van der Waals surface area contributed by atoms with E-state index in [9.17, 15) is 13.2 Å². The fourth-order valence-corrected chi connectivity index (χ4v) is 4.61. The Hall–Kier alpha value is -2.60. The summed E-state index contributed by atoms with van der Waals surface area (Å²) in [5, 5.41) is 3.63. The summed E-state index contributed by atoms with van der Waals surface area (Å²) in [6, 6.07) is 17.1. The van der Waals surface area contributed by atoms with E-state index in [1.165, 1.54) is 5.56 Å². The van der Waals surface area contributed by atoms with Gasteiger partial charge in [-0.3, -0.25) is 4.79 Å². The van der Waals surface area contributed by atoms with Gasteiger partial charge in [0.15, 0.2) is 15.6 Å². The first kappa shape index (κ1) is 21.1. The van der Waals surface area contributed by atoms with Crippen LogP contribution < -0.4 is 5.32 Å². The molecular weight excluding hydrogens is 386 g/mol. The molecule has 1 heterocycles. The number of carbonyl (C=O) groups is 1. The first-order chi connectivity index (χ1) is 13.6. The van der Waals surface area contributed by atoms with Gasteiger partial charge >= 0.3 is 0 Å². The molecule has 0 bridgehead atoms. The number of carbonyl (C=O) groups excluding carboxylic acids is 1. The Morgan fingerprint density at radius 2 is 1.69 bits per heavy atom. The summed E-state index contributed by atoms with van der Waals surface area (Å²) in [6.45, 7) is 6.23. The monoisotopic (exact) mass is 413 g/mol. The van der Waals surface area contributed by atoms with Gasteiger partial charge in [-0.25, -0.2) is 8.42 Å². The van der Waals surface area contributed by atoms with Crippen LogP contribution in [-0.2, 0) is 21.0 Å². The molecule has 154 valence electrons. The lowest BCUT2D eigenvalue weighted by atomic mass is 9.79. The molecule has 0 fully saturated rings. The molecule has 0 radical (unpaired) electrons. The summed E-state index contributed by atoms with van der Waals surface area (Å²) in [4.78, 5) is 13.0. The minimum absolute atomic E-state index is 0.0704. The molecule has 1 amide bonds. The van der Waals surface area contributed by atoms with E-state index in [2.05, 4.69) is 31.3 Å². The van der Waals surface area contributed by atoms with Crippen molar-refractivity contribution in [3.05, 3.63) is 71.5 Å². The molecule has 0 saturated heterocycles. The highest BCUT2D eigenvalue weighted by Crippen LogP contribution is 2.30. The van der Waals surface area contributed by atoms with Crippen LogP contribution in [-0.4, -0.2) is 26.6 Å². The van der Waals surface area contributed by atoms with E-state index >= 15 is 0 Å². The number of hydrogen-bond donors (Lipinski definition) is 1. The van der Waals surface area contributed by atoms with Crippen LogP contribution >= 0.6 is 0 Å². The van der Waals surface area contributed by atoms with Gasteiger partial charge in [0.2, 0.25) is 0 Å². The van der Waals surface area contributed by atoms with Crippen LogP contribution in [0.5, 0.6) is 0 Å². The van der Waals surface area contributed by atoms with Crippen LogP contribution in [0.15, 0.2) is 59.0 Å². The molecule has 2 aromatic carbocycles. The first-order valence-electron chi connectivity index (χ1n) is 9.61. The maximum atomic E-state index is 13.0. The minimum atomic E-state index is -3.33. The summed E-state index contributed by atoms with van der Waals surface area (Å²) >= 11 is 0. The van der Waals surface area contributed by atoms with Gasteiger partial charge in [-0.1, -0.05) is 62.4 Å². The van der Waals surface area contributed by atoms with Crippen LogP contribution in [0.3, 0.4) is 0 Å². The molecule has 1 unspecified atom stereocenters. The Kier molecular flexibility index (Phi) is 5.85. The molecule has 6 heteroatoms. The van der Waals surface area contributed by atoms with E-state index in [4.69, 9.17) is 4.42 Å². The average Bonchev–Trinajstić information content (AvgIpc) is 2.99. The standard InChI is InChI=1S/C23H27NO4S/c1-16(14-23(2,3)17-10-6-5-7-11-17)24-22(25)21-19(15-29(4,26)27)18-12-8-9-13-20(18)28-21/h5-13,16H,14-15H2,1-4H3,(H,24,25). The van der Waals surface area contributed by atoms with Gasteiger partial charge in [0, 0.05) is 23.2 Å². The highest BCUT2D eigenvalue weighted by molar-refractivity contribution is 7.89. The molecule has 29 heavy (non-hydrogen) atoms. The van der Waals surface area contributed by atoms with E-state index in [1.807, 2.05) is 25.1 Å². The Labute approximate surface area is 172 Å². The fraction of sp³-hybridized carbons (Fsp3) is 0.348. The molecular formula is C23H27NO4S. The van der Waals surface area contributed by atoms with E-state index in [1.54, 1.807) is 24.3 Å². The average molecular weight is 414 g/mol. The lowest BCUT2D eigenvalue weighted by molar-refractivity contribution is 0.0907. The van der Waals surface area contributed by atoms with Crippen molar-refractivity contribution in [1.82, 2.24) is 5.32 Å². The quantitative estimate of drug-likeness (QED) is 0.620. The number of hydrogen-bond acceptors (Lipinski definition) is 4. The summed E-state index contributed by atoms with van der Waals surface area (Å²) in [6.07, 6.45) is 1.88. The predicted molar refractivity (Wildman–Crippen MR) is 116 cm³/mol. The third-order valence-electron chi connectivity index (χ3n) is 5.06. The van der Waals surface area contributed by atoms with Crippen molar-refractivity contribution in [2.75, 3.05) is 6.26 Å². The Bertz CT molecular complexity index is 1110. The summed E-state index contributed by atoms with van der Waals surface area (Å²) < 4.78 is 29.6. The first-order valence-corrected chi connectivity index (χ1v) is 11.7. The molecule has 0 saturated carbocycles. The van der Waals surface area contributed by atoms with Crippen molar-refractivity contribution < 1.29 is 17.6 Å². The van der Waals surface area contributed by atoms with Gasteiger partial charge in [0.05, 0.1) is 5.75 Å². The minimum Gasteiger partial charge on any atom is -0.451 e. The molecule has 3 rings (SSSR count). The molecule has 0 spiro atoms. The Balaban J connectivity index is 1.83. The molecule has 5 nitrogen and oxygen atoms in total. The number of fused-ring (bicyclic) bond motifs is 1. The smallest absolute Gasteiger partial charge is 0.287 e. The van der Waals surface area contributed by atoms with Crippen molar-refractivity contribution in [2.45, 2.75) is 44.4 Å². The number of para-hydroxylation sites is 1. The Morgan fingerprint density at radius 3 is 2.34 bits per heavy atom. The predicted octanol–water partition coefficient (Wildman–Crippen LogP) is 4.46. The van der Waals surface area contributed by atoms with E-state index in [0.717, 1.165) is 12.7 Å². The molecule has 0 aliphatic rings. The highest BCUT2D eigenvalue weighted by atomic mass is 32.2. The Morgan fingerprint density at radius 1 is 1.07 bits per heavy atom. The van der Waals surface area contributed by atoms with Gasteiger partial charge in [0.25, 0.3) is 5.91 Å². The van der Waals surface area contributed by atoms with Crippen molar-refractivity contribution in [2.24, 2.45) is 0 Å². The fourth-order valence-electron chi connectivity index (χ4n) is 3.80. The lowest BCUT2D eigenvalue weighted by Gasteiger charge is -2.29. The van der Waals surface area contributed by atoms with Crippen LogP contribution in [0.2, 0.25) is 0 Å². The molecule has 1 atom stereocenters. The van der Waals surface area contributed by atoms with Crippen LogP contribution in [0.1, 0.15) is 48.9 Å². The van der Waals surface area contributed by atoms with Gasteiger partial charge in [-0.05, 0) is 30.4 Å². The molecule has 3 aromatic rings. The number of rotatable bonds is 7. The van der Waals surface area contributed by atoms with E-state index in [-0.39, 0.29) is 23.0 Å². The SMILES string of the molecule is CC(CC(C)(C)c1ccccc1)NC(=O)c1oc2ccccc2c1CS(C)(=O)=O. The van der Waals surface area contributed by atoms with Crippen molar-refractivity contribution in [3.63, 3.8) is 0 Å². The van der Waals surface area contributed by atoms with Crippen LogP contribution in [0, 0.1) is 0 Å². The lowest BCUT2D eigenvalue weighted by Crippen LogP contribution is -2.37. The molecule has 1 N–H and O–H groups in total. The summed E-state index contributed by atoms with van der Waals surface area (Å²) in [7, 11) is -3.33. The number of amides is 1. The second-order valence-electron chi connectivity index (χ2n) is 8.30. The van der Waals surface area contributed by atoms with Crippen molar-refractivity contribution >= 4 is 26.7 Å². The number of benzene rings is 2. The summed E-state index contributed by atoms with van der Waals surface area (Å²) in [5.41, 5.74) is 1.99. The van der Waals surface area contributed by atoms with E-state index in [0.29, 0.717) is 16.5 Å². The number of nitrogens with one attached hydrogen (secondary N) is 1. The van der Waals surface area contributed by atoms with E-state index < -0.39 is 15.7 Å². The maximum absolute atomic E-state index is 13.0. The normalized spacial score (nSPS) is 13.4. The maximum Gasteiger partial charge on any atom is 0.287 e.